The van der Waals surface area contributed by atoms with Gasteiger partial charge in [-0.1, -0.05) is 64.7 Å². The normalized spacial score (nSPS) is 12.1. The number of carboxylic acid groups (broad SMARTS) is 1. The van der Waals surface area contributed by atoms with E-state index < -0.39 is 12.0 Å². The highest BCUT2D eigenvalue weighted by Gasteiger charge is 2.15. The summed E-state index contributed by atoms with van der Waals surface area (Å²) in [6.07, 6.45) is 12.4. The summed E-state index contributed by atoms with van der Waals surface area (Å²) < 4.78 is 0. The summed E-state index contributed by atoms with van der Waals surface area (Å²) in [7, 11) is 0. The fourth-order valence-electron chi connectivity index (χ4n) is 2.20. The Hall–Kier alpha value is -1.10. The van der Waals surface area contributed by atoms with Gasteiger partial charge in [-0.05, 0) is 6.42 Å². The highest BCUT2D eigenvalue weighted by Crippen LogP contribution is 2.10. The van der Waals surface area contributed by atoms with Crippen molar-refractivity contribution in [1.82, 2.24) is 5.32 Å². The number of carbonyl (C=O) groups excluding carboxylic acids is 1. The van der Waals surface area contributed by atoms with Gasteiger partial charge < -0.3 is 16.2 Å². The van der Waals surface area contributed by atoms with Crippen LogP contribution in [0.15, 0.2) is 0 Å². The van der Waals surface area contributed by atoms with Crippen LogP contribution in [-0.2, 0) is 9.59 Å². The fourth-order valence-corrected chi connectivity index (χ4v) is 2.20. The van der Waals surface area contributed by atoms with Crippen LogP contribution in [0.5, 0.6) is 0 Å². The molecule has 5 nitrogen and oxygen atoms in total. The van der Waals surface area contributed by atoms with E-state index in [0.29, 0.717) is 6.54 Å². The number of amides is 1. The van der Waals surface area contributed by atoms with E-state index in [9.17, 15) is 9.59 Å². The zero-order valence-electron chi connectivity index (χ0n) is 13.4. The van der Waals surface area contributed by atoms with E-state index in [1.807, 2.05) is 0 Å². The summed E-state index contributed by atoms with van der Waals surface area (Å²) in [4.78, 5) is 21.9. The third-order valence-corrected chi connectivity index (χ3v) is 3.58. The molecule has 0 aliphatic heterocycles. The third-order valence-electron chi connectivity index (χ3n) is 3.58. The van der Waals surface area contributed by atoms with Crippen molar-refractivity contribution in [3.8, 4) is 0 Å². The van der Waals surface area contributed by atoms with Crippen molar-refractivity contribution in [2.75, 3.05) is 6.54 Å². The maximum Gasteiger partial charge on any atom is 0.321 e. The number of rotatable bonds is 14. The lowest BCUT2D eigenvalue weighted by Crippen LogP contribution is -2.37. The molecular weight excluding hydrogens is 268 g/mol. The Morgan fingerprint density at radius 3 is 1.90 bits per heavy atom. The average Bonchev–Trinajstić information content (AvgIpc) is 2.44. The van der Waals surface area contributed by atoms with E-state index >= 15 is 0 Å². The summed E-state index contributed by atoms with van der Waals surface area (Å²) in [5.74, 6) is -1.41. The van der Waals surface area contributed by atoms with E-state index in [4.69, 9.17) is 10.8 Å². The number of hydrogen-bond acceptors (Lipinski definition) is 3. The molecule has 21 heavy (non-hydrogen) atoms. The predicted molar refractivity (Wildman–Crippen MR) is 85.1 cm³/mol. The Kier molecular flexibility index (Phi) is 13.1. The van der Waals surface area contributed by atoms with Crippen molar-refractivity contribution in [3.05, 3.63) is 0 Å². The Balaban J connectivity index is 3.25. The first-order chi connectivity index (χ1) is 10.1. The van der Waals surface area contributed by atoms with Crippen LogP contribution in [0.2, 0.25) is 0 Å². The van der Waals surface area contributed by atoms with Crippen LogP contribution < -0.4 is 11.1 Å². The third kappa shape index (κ3) is 13.6. The van der Waals surface area contributed by atoms with Crippen LogP contribution in [0.25, 0.3) is 0 Å². The summed E-state index contributed by atoms with van der Waals surface area (Å²) in [6.45, 7) is 2.84. The van der Waals surface area contributed by atoms with Gasteiger partial charge in [-0.3, -0.25) is 9.59 Å². The standard InChI is InChI=1S/C16H32N2O3/c1-2-3-4-5-6-7-8-9-10-11-12-18-15(19)13-14(17)16(20)21/h14H,2-13,17H2,1H3,(H,18,19)(H,20,21). The molecule has 0 aromatic rings. The highest BCUT2D eigenvalue weighted by molar-refractivity contribution is 5.84. The molecule has 1 amide bonds. The second kappa shape index (κ2) is 13.9. The molecule has 0 aliphatic rings. The summed E-state index contributed by atoms with van der Waals surface area (Å²) in [5, 5.41) is 11.3. The Morgan fingerprint density at radius 1 is 0.952 bits per heavy atom. The molecule has 0 heterocycles. The number of unbranched alkanes of at least 4 members (excludes halogenated alkanes) is 9. The van der Waals surface area contributed by atoms with E-state index in [-0.39, 0.29) is 12.3 Å². The first-order valence-electron chi connectivity index (χ1n) is 8.33. The molecule has 0 aromatic heterocycles. The minimum Gasteiger partial charge on any atom is -0.480 e. The van der Waals surface area contributed by atoms with E-state index in [0.717, 1.165) is 12.8 Å². The van der Waals surface area contributed by atoms with Gasteiger partial charge in [0.25, 0.3) is 0 Å². The Bertz CT molecular complexity index is 283. The molecular formula is C16H32N2O3. The van der Waals surface area contributed by atoms with E-state index in [1.165, 1.54) is 51.4 Å². The SMILES string of the molecule is CCCCCCCCCCCCNC(=O)CC(N)C(=O)O. The molecule has 0 saturated heterocycles. The van der Waals surface area contributed by atoms with Crippen LogP contribution in [-0.4, -0.2) is 29.6 Å². The van der Waals surface area contributed by atoms with Gasteiger partial charge in [0.05, 0.1) is 6.42 Å². The minimum absolute atomic E-state index is 0.146. The molecule has 1 atom stereocenters. The van der Waals surface area contributed by atoms with E-state index in [2.05, 4.69) is 12.2 Å². The minimum atomic E-state index is -1.14. The maximum absolute atomic E-state index is 11.4. The molecule has 124 valence electrons. The number of nitrogens with one attached hydrogen (secondary N) is 1. The maximum atomic E-state index is 11.4. The van der Waals surface area contributed by atoms with Gasteiger partial charge in [-0.2, -0.15) is 0 Å². The largest absolute Gasteiger partial charge is 0.480 e. The number of nitrogens with two attached hydrogens (primary N) is 1. The van der Waals surface area contributed by atoms with Gasteiger partial charge in [0.1, 0.15) is 6.04 Å². The van der Waals surface area contributed by atoms with Crippen LogP contribution in [0.3, 0.4) is 0 Å². The lowest BCUT2D eigenvalue weighted by Gasteiger charge is -2.07. The van der Waals surface area contributed by atoms with Gasteiger partial charge in [0.15, 0.2) is 0 Å². The average molecular weight is 300 g/mol. The molecule has 4 N–H and O–H groups in total. The molecule has 1 unspecified atom stereocenters. The number of carbonyl (C=O) groups is 2. The van der Waals surface area contributed by atoms with Gasteiger partial charge in [0.2, 0.25) is 5.91 Å². The number of hydrogen-bond donors (Lipinski definition) is 3. The first-order valence-corrected chi connectivity index (χ1v) is 8.33. The number of carboxylic acids is 1. The molecule has 0 spiro atoms. The van der Waals surface area contributed by atoms with Crippen LogP contribution in [0, 0.1) is 0 Å². The quantitative estimate of drug-likeness (QED) is 0.430. The lowest BCUT2D eigenvalue weighted by atomic mass is 10.1. The highest BCUT2D eigenvalue weighted by atomic mass is 16.4. The second-order valence-electron chi connectivity index (χ2n) is 5.68. The molecule has 0 bridgehead atoms. The molecule has 0 aliphatic carbocycles. The smallest absolute Gasteiger partial charge is 0.321 e. The monoisotopic (exact) mass is 300 g/mol. The van der Waals surface area contributed by atoms with Gasteiger partial charge in [-0.25, -0.2) is 0 Å². The van der Waals surface area contributed by atoms with E-state index in [1.54, 1.807) is 0 Å². The van der Waals surface area contributed by atoms with Gasteiger partial charge in [0, 0.05) is 6.54 Å². The van der Waals surface area contributed by atoms with Crippen LogP contribution >= 0.6 is 0 Å². The topological polar surface area (TPSA) is 92.4 Å². The van der Waals surface area contributed by atoms with Crippen molar-refractivity contribution >= 4 is 11.9 Å². The first kappa shape index (κ1) is 19.9. The van der Waals surface area contributed by atoms with Crippen LogP contribution in [0.1, 0.15) is 77.6 Å². The molecule has 0 fully saturated rings. The zero-order chi connectivity index (χ0) is 15.9. The predicted octanol–water partition coefficient (Wildman–Crippen LogP) is 2.83. The van der Waals surface area contributed by atoms with Gasteiger partial charge >= 0.3 is 5.97 Å². The summed E-state index contributed by atoms with van der Waals surface area (Å²) >= 11 is 0. The number of aliphatic carboxylic acids is 1. The molecule has 5 heteroatoms. The molecule has 0 aromatic carbocycles. The molecule has 0 saturated carbocycles. The molecule has 0 radical (unpaired) electrons. The lowest BCUT2D eigenvalue weighted by molar-refractivity contribution is -0.140. The van der Waals surface area contributed by atoms with Crippen molar-refractivity contribution in [1.29, 1.82) is 0 Å². The van der Waals surface area contributed by atoms with Crippen molar-refractivity contribution in [2.45, 2.75) is 83.6 Å². The summed E-state index contributed by atoms with van der Waals surface area (Å²) in [5.41, 5.74) is 5.29. The zero-order valence-corrected chi connectivity index (χ0v) is 13.4. The van der Waals surface area contributed by atoms with Crippen LogP contribution in [0.4, 0.5) is 0 Å². The Morgan fingerprint density at radius 2 is 1.43 bits per heavy atom. The van der Waals surface area contributed by atoms with Gasteiger partial charge in [-0.15, -0.1) is 0 Å². The summed E-state index contributed by atoms with van der Waals surface area (Å²) in [6, 6.07) is -1.10. The van der Waals surface area contributed by atoms with Crippen molar-refractivity contribution in [2.24, 2.45) is 5.73 Å². The van der Waals surface area contributed by atoms with Crippen molar-refractivity contribution < 1.29 is 14.7 Å². The Labute approximate surface area is 128 Å². The molecule has 0 rings (SSSR count). The fraction of sp³-hybridized carbons (Fsp3) is 0.875. The van der Waals surface area contributed by atoms with Crippen molar-refractivity contribution in [3.63, 3.8) is 0 Å². The second-order valence-corrected chi connectivity index (χ2v) is 5.68.